The quantitative estimate of drug-likeness (QED) is 0.102. The Labute approximate surface area is 465 Å². The van der Waals surface area contributed by atoms with Crippen LogP contribution in [0, 0.1) is 7.43 Å². The normalized spacial score (nSPS) is 10.6. The second-order valence-electron chi connectivity index (χ2n) is 17.6. The molecule has 0 heterocycles. The Morgan fingerprint density at radius 1 is 0.227 bits per heavy atom. The molecule has 0 spiro atoms. The fourth-order valence-corrected chi connectivity index (χ4v) is 11.1. The highest BCUT2D eigenvalue weighted by atomic mass is 79.9. The summed E-state index contributed by atoms with van der Waals surface area (Å²) in [7, 11) is -1.34. The van der Waals surface area contributed by atoms with E-state index in [1.165, 1.54) is 98.4 Å². The molecule has 0 unspecified atom stereocenters. The molecular formula is C69H51BBr3O2-. The van der Waals surface area contributed by atoms with Crippen LogP contribution in [0.2, 0.25) is 0 Å². The van der Waals surface area contributed by atoms with Crippen LogP contribution in [0.4, 0.5) is 0 Å². The van der Waals surface area contributed by atoms with Crippen LogP contribution in [0.3, 0.4) is 0 Å². The van der Waals surface area contributed by atoms with Gasteiger partial charge in [-0.1, -0.05) is 309 Å². The minimum atomic E-state index is -1.34. The van der Waals surface area contributed by atoms with Crippen molar-refractivity contribution in [2.45, 2.75) is 0 Å². The molecule has 13 rings (SSSR count). The fourth-order valence-electron chi connectivity index (χ4n) is 9.70. The van der Waals surface area contributed by atoms with Crippen LogP contribution >= 0.6 is 47.8 Å². The van der Waals surface area contributed by atoms with E-state index in [-0.39, 0.29) is 7.43 Å². The van der Waals surface area contributed by atoms with Gasteiger partial charge in [-0.15, -0.1) is 0 Å². The van der Waals surface area contributed by atoms with Crippen LogP contribution in [0.15, 0.2) is 292 Å². The van der Waals surface area contributed by atoms with E-state index in [1.807, 2.05) is 36.4 Å². The molecule has 0 saturated carbocycles. The van der Waals surface area contributed by atoms with Gasteiger partial charge in [0.15, 0.2) is 0 Å². The van der Waals surface area contributed by atoms with E-state index in [0.29, 0.717) is 5.46 Å². The third kappa shape index (κ3) is 11.6. The molecule has 0 saturated heterocycles. The van der Waals surface area contributed by atoms with E-state index in [0.717, 1.165) is 13.4 Å². The number of hydrogen-bond acceptors (Lipinski definition) is 2. The van der Waals surface area contributed by atoms with Crippen molar-refractivity contribution in [1.82, 2.24) is 0 Å². The SMILES string of the molecule is Brc1ccc(-c2ccccc2)c2ccccc12.Brc1ccc(Br)c2ccccc12.OB(O)c1ccccc1.[CH3-].c1ccc(-c2ccc(-c3c4ccccc4c(-c4ccccc4)c4ccccc34)c3ccccc23)cc1. The number of hydrogen-bond donors (Lipinski definition) is 2. The van der Waals surface area contributed by atoms with Crippen molar-refractivity contribution in [2.24, 2.45) is 0 Å². The molecule has 13 aromatic carbocycles. The van der Waals surface area contributed by atoms with Gasteiger partial charge in [-0.05, 0) is 122 Å². The van der Waals surface area contributed by atoms with Gasteiger partial charge in [0, 0.05) is 13.4 Å². The minimum absolute atomic E-state index is 0. The van der Waals surface area contributed by atoms with E-state index in [9.17, 15) is 0 Å². The molecular weight excluding hydrogens is 1110 g/mol. The highest BCUT2D eigenvalue weighted by Crippen LogP contribution is 2.46. The lowest BCUT2D eigenvalue weighted by atomic mass is 9.81. The summed E-state index contributed by atoms with van der Waals surface area (Å²) in [6.45, 7) is 0. The van der Waals surface area contributed by atoms with Crippen molar-refractivity contribution >= 4 is 114 Å². The number of rotatable bonds is 5. The first-order valence-electron chi connectivity index (χ1n) is 24.4. The molecule has 13 aromatic rings. The average molecular weight is 1160 g/mol. The molecule has 0 aromatic heterocycles. The van der Waals surface area contributed by atoms with E-state index >= 15 is 0 Å². The highest BCUT2D eigenvalue weighted by Gasteiger charge is 2.19. The lowest BCUT2D eigenvalue weighted by molar-refractivity contribution is 0.426. The van der Waals surface area contributed by atoms with Gasteiger partial charge in [-0.3, -0.25) is 0 Å². The molecule has 0 aliphatic rings. The lowest BCUT2D eigenvalue weighted by Gasteiger charge is -2.19. The Kier molecular flexibility index (Phi) is 17.3. The Morgan fingerprint density at radius 3 is 0.867 bits per heavy atom. The number of benzene rings is 13. The zero-order chi connectivity index (χ0) is 50.8. The average Bonchev–Trinajstić information content (AvgIpc) is 3.47. The third-order valence-electron chi connectivity index (χ3n) is 13.1. The Bertz CT molecular complexity index is 3920. The molecule has 0 bridgehead atoms. The van der Waals surface area contributed by atoms with Gasteiger partial charge in [-0.2, -0.15) is 0 Å². The fraction of sp³-hybridized carbons (Fsp3) is 0. The molecule has 6 heteroatoms. The van der Waals surface area contributed by atoms with Crippen molar-refractivity contribution < 1.29 is 10.0 Å². The summed E-state index contributed by atoms with van der Waals surface area (Å²) in [6.07, 6.45) is 0. The van der Waals surface area contributed by atoms with Crippen LogP contribution in [0.1, 0.15) is 0 Å². The van der Waals surface area contributed by atoms with Crippen molar-refractivity contribution in [3.63, 3.8) is 0 Å². The highest BCUT2D eigenvalue weighted by molar-refractivity contribution is 9.11. The van der Waals surface area contributed by atoms with Gasteiger partial charge in [-0.25, -0.2) is 0 Å². The summed E-state index contributed by atoms with van der Waals surface area (Å²) in [5, 5.41) is 29.9. The van der Waals surface area contributed by atoms with Crippen molar-refractivity contribution in [3.8, 4) is 44.5 Å². The van der Waals surface area contributed by atoms with E-state index in [2.05, 4.69) is 266 Å². The summed E-state index contributed by atoms with van der Waals surface area (Å²) in [6, 6.07) is 96.9. The molecule has 75 heavy (non-hydrogen) atoms. The zero-order valence-corrected chi connectivity index (χ0v) is 45.9. The second kappa shape index (κ2) is 24.7. The summed E-state index contributed by atoms with van der Waals surface area (Å²) in [5.41, 5.74) is 10.7. The first kappa shape index (κ1) is 52.4. The van der Waals surface area contributed by atoms with Crippen LogP contribution in [0.5, 0.6) is 0 Å². The predicted octanol–water partition coefficient (Wildman–Crippen LogP) is 19.6. The van der Waals surface area contributed by atoms with Crippen LogP contribution in [-0.2, 0) is 0 Å². The van der Waals surface area contributed by atoms with Gasteiger partial charge in [0.05, 0.1) is 0 Å². The van der Waals surface area contributed by atoms with Crippen LogP contribution in [-0.4, -0.2) is 17.2 Å². The second-order valence-corrected chi connectivity index (χ2v) is 20.2. The third-order valence-corrected chi connectivity index (χ3v) is 15.2. The number of fused-ring (bicyclic) bond motifs is 5. The van der Waals surface area contributed by atoms with Gasteiger partial charge in [0.25, 0.3) is 0 Å². The molecule has 0 aliphatic heterocycles. The zero-order valence-electron chi connectivity index (χ0n) is 41.2. The van der Waals surface area contributed by atoms with E-state index < -0.39 is 7.12 Å². The van der Waals surface area contributed by atoms with Crippen molar-refractivity contribution in [2.75, 3.05) is 0 Å². The largest absolute Gasteiger partial charge is 0.488 e. The van der Waals surface area contributed by atoms with Gasteiger partial charge < -0.3 is 17.5 Å². The summed E-state index contributed by atoms with van der Waals surface area (Å²) < 4.78 is 3.43. The Balaban J connectivity index is 0.000000145. The van der Waals surface area contributed by atoms with Gasteiger partial charge in [0.1, 0.15) is 0 Å². The molecule has 2 N–H and O–H groups in total. The van der Waals surface area contributed by atoms with Crippen molar-refractivity contribution in [1.29, 1.82) is 0 Å². The molecule has 0 radical (unpaired) electrons. The smallest absolute Gasteiger partial charge is 0.423 e. The maximum absolute atomic E-state index is 8.58. The van der Waals surface area contributed by atoms with Gasteiger partial charge in [0.2, 0.25) is 0 Å². The van der Waals surface area contributed by atoms with E-state index in [1.54, 1.807) is 24.3 Å². The molecule has 0 atom stereocenters. The molecule has 0 aliphatic carbocycles. The topological polar surface area (TPSA) is 40.5 Å². The van der Waals surface area contributed by atoms with Crippen LogP contribution < -0.4 is 5.46 Å². The standard InChI is InChI=1S/C36H24.C16H11Br.C10H6Br2.C6H7BO2.CH3/c1-3-13-25(14-4-1)27-23-24-34(29-18-8-7-17-28(27)29)36-32-21-11-9-19-30(32)35(26-15-5-2-6-16-26)31-20-10-12-22-33(31)36;17-16-11-10-13(12-6-2-1-3-7-12)14-8-4-5-9-15(14)16;11-9-5-6-10(12)8-4-2-1-3-7(8)9;8-7(9)6-4-2-1-3-5-6;/h1-24H;1-11H;1-6H;1-5,8-9H;1H3/q;;;;-1. The maximum atomic E-state index is 8.58. The van der Waals surface area contributed by atoms with Crippen LogP contribution in [0.25, 0.3) is 98.4 Å². The maximum Gasteiger partial charge on any atom is 0.488 e. The number of halogens is 3. The predicted molar refractivity (Wildman–Crippen MR) is 334 cm³/mol. The van der Waals surface area contributed by atoms with E-state index in [4.69, 9.17) is 10.0 Å². The molecule has 0 fully saturated rings. The Morgan fingerprint density at radius 2 is 0.480 bits per heavy atom. The first-order chi connectivity index (χ1) is 36.4. The van der Waals surface area contributed by atoms with Gasteiger partial charge >= 0.3 is 7.12 Å². The molecule has 364 valence electrons. The Hall–Kier alpha value is -7.42. The minimum Gasteiger partial charge on any atom is -0.423 e. The van der Waals surface area contributed by atoms with Crippen molar-refractivity contribution in [3.05, 3.63) is 300 Å². The molecule has 0 amide bonds. The monoisotopic (exact) mass is 1160 g/mol. The molecule has 2 nitrogen and oxygen atoms in total. The summed E-state index contributed by atoms with van der Waals surface area (Å²) in [5.74, 6) is 0. The summed E-state index contributed by atoms with van der Waals surface area (Å²) >= 11 is 10.6. The first-order valence-corrected chi connectivity index (χ1v) is 26.8. The summed E-state index contributed by atoms with van der Waals surface area (Å²) in [4.78, 5) is 0. The lowest BCUT2D eigenvalue weighted by Crippen LogP contribution is -2.29.